The molecule has 1 nitrogen and oxygen atoms in total. The largest absolute Gasteiger partial charge is 0.299 e. The molecule has 72 valence electrons. The maximum absolute atomic E-state index is 11.8. The molecule has 0 aliphatic heterocycles. The van der Waals surface area contributed by atoms with E-state index in [4.69, 9.17) is 0 Å². The van der Waals surface area contributed by atoms with Crippen LogP contribution in [0, 0.1) is 29.1 Å². The molecule has 0 heterocycles. The highest BCUT2D eigenvalue weighted by Gasteiger charge is 2.62. The first kappa shape index (κ1) is 8.02. The van der Waals surface area contributed by atoms with Crippen molar-refractivity contribution in [3.05, 3.63) is 0 Å². The first-order chi connectivity index (χ1) is 6.13. The van der Waals surface area contributed by atoms with Crippen LogP contribution in [0.15, 0.2) is 0 Å². The molecule has 0 amide bonds. The minimum atomic E-state index is 0.472. The van der Waals surface area contributed by atoms with Crippen LogP contribution in [-0.2, 0) is 4.79 Å². The van der Waals surface area contributed by atoms with Crippen molar-refractivity contribution in [3.63, 3.8) is 0 Å². The molecule has 4 rings (SSSR count). The van der Waals surface area contributed by atoms with E-state index in [1.807, 2.05) is 0 Å². The molecule has 0 radical (unpaired) electrons. The molecule has 0 aromatic carbocycles. The molecule has 0 N–H and O–H groups in total. The van der Waals surface area contributed by atoms with E-state index in [2.05, 4.69) is 13.8 Å². The van der Waals surface area contributed by atoms with E-state index in [1.165, 1.54) is 25.7 Å². The summed E-state index contributed by atoms with van der Waals surface area (Å²) in [5.41, 5.74) is 0.587. The molecule has 4 fully saturated rings. The van der Waals surface area contributed by atoms with Crippen LogP contribution in [0.1, 0.15) is 39.5 Å². The zero-order valence-electron chi connectivity index (χ0n) is 8.55. The summed E-state index contributed by atoms with van der Waals surface area (Å²) >= 11 is 0. The average molecular weight is 178 g/mol. The van der Waals surface area contributed by atoms with Gasteiger partial charge in [-0.15, -0.1) is 0 Å². The monoisotopic (exact) mass is 178 g/mol. The highest BCUT2D eigenvalue weighted by Crippen LogP contribution is 2.66. The van der Waals surface area contributed by atoms with Crippen molar-refractivity contribution >= 4 is 5.78 Å². The highest BCUT2D eigenvalue weighted by molar-refractivity contribution is 5.86. The van der Waals surface area contributed by atoms with Gasteiger partial charge in [0.2, 0.25) is 0 Å². The minimum absolute atomic E-state index is 0.472. The lowest BCUT2D eigenvalue weighted by atomic mass is 9.68. The van der Waals surface area contributed by atoms with Gasteiger partial charge in [0.25, 0.3) is 0 Å². The van der Waals surface area contributed by atoms with Gasteiger partial charge in [-0.2, -0.15) is 0 Å². The van der Waals surface area contributed by atoms with Crippen molar-refractivity contribution in [2.45, 2.75) is 39.5 Å². The maximum atomic E-state index is 11.8. The molecule has 0 spiro atoms. The normalized spacial score (nSPS) is 52.5. The summed E-state index contributed by atoms with van der Waals surface area (Å²) in [5.74, 6) is 3.26. The van der Waals surface area contributed by atoms with E-state index in [0.717, 1.165) is 11.8 Å². The minimum Gasteiger partial charge on any atom is -0.299 e. The lowest BCUT2D eigenvalue weighted by Crippen LogP contribution is -2.32. The van der Waals surface area contributed by atoms with Crippen LogP contribution in [-0.4, -0.2) is 5.78 Å². The van der Waals surface area contributed by atoms with Gasteiger partial charge in [0.1, 0.15) is 5.78 Å². The van der Waals surface area contributed by atoms with Crippen molar-refractivity contribution < 1.29 is 4.79 Å². The Morgan fingerprint density at radius 3 is 2.15 bits per heavy atom. The number of Topliss-reactive ketones (excluding diaryl/α,β-unsaturated/α-hetero) is 1. The molecule has 4 aliphatic rings. The smallest absolute Gasteiger partial charge is 0.139 e. The van der Waals surface area contributed by atoms with E-state index in [0.29, 0.717) is 23.0 Å². The summed E-state index contributed by atoms with van der Waals surface area (Å²) in [4.78, 5) is 11.8. The molecule has 1 heteroatoms. The van der Waals surface area contributed by atoms with Gasteiger partial charge < -0.3 is 0 Å². The van der Waals surface area contributed by atoms with Crippen molar-refractivity contribution in [2.75, 3.05) is 0 Å². The molecular formula is C12H18O. The van der Waals surface area contributed by atoms with E-state index >= 15 is 0 Å². The molecule has 4 saturated carbocycles. The number of carbonyl (C=O) groups excluding carboxylic acids is 1. The van der Waals surface area contributed by atoms with Gasteiger partial charge in [-0.25, -0.2) is 0 Å². The first-order valence-corrected chi connectivity index (χ1v) is 5.67. The molecule has 4 aliphatic carbocycles. The number of ketones is 1. The van der Waals surface area contributed by atoms with E-state index in [9.17, 15) is 4.79 Å². The Hall–Kier alpha value is -0.330. The first-order valence-electron chi connectivity index (χ1n) is 5.67. The molecule has 2 unspecified atom stereocenters. The van der Waals surface area contributed by atoms with Crippen molar-refractivity contribution in [1.29, 1.82) is 0 Å². The average Bonchev–Trinajstić information content (AvgIpc) is 2.48. The second-order valence-corrected chi connectivity index (χ2v) is 5.76. The molecular weight excluding hydrogens is 160 g/mol. The Labute approximate surface area is 79.9 Å². The summed E-state index contributed by atoms with van der Waals surface area (Å²) in [7, 11) is 0. The summed E-state index contributed by atoms with van der Waals surface area (Å²) < 4.78 is 0. The third-order valence-electron chi connectivity index (χ3n) is 5.16. The second-order valence-electron chi connectivity index (χ2n) is 5.76. The molecule has 0 aromatic heterocycles. The molecule has 2 atom stereocenters. The van der Waals surface area contributed by atoms with Gasteiger partial charge in [0.15, 0.2) is 0 Å². The lowest BCUT2D eigenvalue weighted by molar-refractivity contribution is -0.129. The van der Waals surface area contributed by atoms with Crippen LogP contribution in [0.5, 0.6) is 0 Å². The van der Waals surface area contributed by atoms with Crippen LogP contribution in [0.25, 0.3) is 0 Å². The predicted molar refractivity (Wildman–Crippen MR) is 51.2 cm³/mol. The fourth-order valence-corrected chi connectivity index (χ4v) is 4.46. The molecule has 0 saturated heterocycles. The van der Waals surface area contributed by atoms with Crippen molar-refractivity contribution in [2.24, 2.45) is 29.1 Å². The Morgan fingerprint density at radius 2 is 1.77 bits per heavy atom. The quantitative estimate of drug-likeness (QED) is 0.603. The number of hydrogen-bond acceptors (Lipinski definition) is 1. The van der Waals surface area contributed by atoms with E-state index < -0.39 is 0 Å². The maximum Gasteiger partial charge on any atom is 0.139 e. The van der Waals surface area contributed by atoms with E-state index in [-0.39, 0.29) is 0 Å². The van der Waals surface area contributed by atoms with E-state index in [1.54, 1.807) is 0 Å². The van der Waals surface area contributed by atoms with Gasteiger partial charge in [0, 0.05) is 11.8 Å². The molecule has 13 heavy (non-hydrogen) atoms. The molecule has 4 bridgehead atoms. The topological polar surface area (TPSA) is 17.1 Å². The summed E-state index contributed by atoms with van der Waals surface area (Å²) in [5, 5.41) is 0. The summed E-state index contributed by atoms with van der Waals surface area (Å²) in [6.07, 6.45) is 4.91. The third kappa shape index (κ3) is 0.769. The molecule has 0 aromatic rings. The fraction of sp³-hybridized carbons (Fsp3) is 0.917. The SMILES string of the molecule is CC(C)C12CC3CC1CC(C2)C3=O. The number of hydrogen-bond donors (Lipinski definition) is 0. The Kier molecular flexibility index (Phi) is 1.35. The van der Waals surface area contributed by atoms with Gasteiger partial charge in [-0.3, -0.25) is 4.79 Å². The summed E-state index contributed by atoms with van der Waals surface area (Å²) in [6, 6.07) is 0. The van der Waals surface area contributed by atoms with Crippen LogP contribution >= 0.6 is 0 Å². The zero-order chi connectivity index (χ0) is 9.22. The Morgan fingerprint density at radius 1 is 1.23 bits per heavy atom. The third-order valence-corrected chi connectivity index (χ3v) is 5.16. The van der Waals surface area contributed by atoms with Crippen LogP contribution < -0.4 is 0 Å². The van der Waals surface area contributed by atoms with Gasteiger partial charge >= 0.3 is 0 Å². The highest BCUT2D eigenvalue weighted by atomic mass is 16.1. The van der Waals surface area contributed by atoms with Gasteiger partial charge in [0.05, 0.1) is 0 Å². The fourth-order valence-electron chi connectivity index (χ4n) is 4.46. The van der Waals surface area contributed by atoms with Gasteiger partial charge in [-0.1, -0.05) is 13.8 Å². The van der Waals surface area contributed by atoms with Crippen LogP contribution in [0.3, 0.4) is 0 Å². The second kappa shape index (κ2) is 2.18. The van der Waals surface area contributed by atoms with Crippen molar-refractivity contribution in [3.8, 4) is 0 Å². The number of carbonyl (C=O) groups is 1. The zero-order valence-corrected chi connectivity index (χ0v) is 8.55. The van der Waals surface area contributed by atoms with Crippen molar-refractivity contribution in [1.82, 2.24) is 0 Å². The van der Waals surface area contributed by atoms with Crippen LogP contribution in [0.4, 0.5) is 0 Å². The standard InChI is InChI=1S/C12H18O/c1-7(2)12-5-8-3-10(12)4-9(6-12)11(8)13/h7-10H,3-6H2,1-2H3. The summed E-state index contributed by atoms with van der Waals surface area (Å²) in [6.45, 7) is 4.71. The number of rotatable bonds is 1. The van der Waals surface area contributed by atoms with Gasteiger partial charge in [-0.05, 0) is 42.9 Å². The Bertz CT molecular complexity index is 248. The lowest BCUT2D eigenvalue weighted by Gasteiger charge is -2.36. The Balaban J connectivity index is 2.01. The predicted octanol–water partition coefficient (Wildman–Crippen LogP) is 2.65. The van der Waals surface area contributed by atoms with Crippen LogP contribution in [0.2, 0.25) is 0 Å².